The maximum absolute atomic E-state index is 12.1. The Bertz CT molecular complexity index is 704. The predicted octanol–water partition coefficient (Wildman–Crippen LogP) is -0.181. The third-order valence-corrected chi connectivity index (χ3v) is 4.28. The smallest absolute Gasteiger partial charge is 0.330 e. The third-order valence-electron chi connectivity index (χ3n) is 4.28. The zero-order valence-electron chi connectivity index (χ0n) is 11.5. The fourth-order valence-electron chi connectivity index (χ4n) is 3.43. The van der Waals surface area contributed by atoms with Crippen LogP contribution in [-0.2, 0) is 20.6 Å². The summed E-state index contributed by atoms with van der Waals surface area (Å²) in [6.45, 7) is 5.42. The largest absolute Gasteiger partial charge is 0.349 e. The minimum Gasteiger partial charge on any atom is -0.349 e. The molecule has 2 fully saturated rings. The van der Waals surface area contributed by atoms with Crippen molar-refractivity contribution < 1.29 is 14.2 Å². The molecule has 0 unspecified atom stereocenters. The van der Waals surface area contributed by atoms with Gasteiger partial charge in [-0.15, -0.1) is 0 Å². The zero-order valence-corrected chi connectivity index (χ0v) is 11.5. The minimum atomic E-state index is -0.673. The molecule has 2 bridgehead atoms. The lowest BCUT2D eigenvalue weighted by molar-refractivity contribution is -0.202. The van der Waals surface area contributed by atoms with Crippen molar-refractivity contribution in [3.63, 3.8) is 0 Å². The molecule has 0 amide bonds. The average Bonchev–Trinajstić information content (AvgIpc) is 2.81. The molecule has 2 saturated heterocycles. The van der Waals surface area contributed by atoms with Crippen LogP contribution in [0.5, 0.6) is 0 Å². The number of aromatic amines is 1. The molecular weight excluding hydrogens is 264 g/mol. The van der Waals surface area contributed by atoms with Crippen LogP contribution in [0.25, 0.3) is 0 Å². The second-order valence-corrected chi connectivity index (χ2v) is 6.03. The molecule has 1 N–H and O–H groups in total. The fourth-order valence-corrected chi connectivity index (χ4v) is 3.43. The Labute approximate surface area is 114 Å². The van der Waals surface area contributed by atoms with Gasteiger partial charge in [0, 0.05) is 17.7 Å². The van der Waals surface area contributed by atoms with Crippen molar-refractivity contribution in [1.82, 2.24) is 9.55 Å². The standard InChI is InChI=1S/C13H16N2O5/c1-5-6-4-7-8-9(20-13(2,3)19-8)11(18-7)15(6)12(17)14-10(5)16/h7-9,11H,4H2,1-3H3,(H,14,16,17)/t7-,8-,9-,11-/m1/s1. The molecule has 4 rings (SSSR count). The van der Waals surface area contributed by atoms with Gasteiger partial charge in [-0.2, -0.15) is 0 Å². The Kier molecular flexibility index (Phi) is 2.22. The first-order chi connectivity index (χ1) is 9.37. The van der Waals surface area contributed by atoms with Gasteiger partial charge >= 0.3 is 5.69 Å². The summed E-state index contributed by atoms with van der Waals surface area (Å²) in [4.78, 5) is 26.2. The summed E-state index contributed by atoms with van der Waals surface area (Å²) >= 11 is 0. The first-order valence-corrected chi connectivity index (χ1v) is 6.73. The van der Waals surface area contributed by atoms with Crippen molar-refractivity contribution in [2.75, 3.05) is 0 Å². The van der Waals surface area contributed by atoms with Crippen molar-refractivity contribution in [3.8, 4) is 0 Å². The zero-order chi connectivity index (χ0) is 14.2. The van der Waals surface area contributed by atoms with Crippen LogP contribution in [0.2, 0.25) is 0 Å². The van der Waals surface area contributed by atoms with E-state index in [-0.39, 0.29) is 23.9 Å². The van der Waals surface area contributed by atoms with Crippen LogP contribution in [0, 0.1) is 6.92 Å². The molecule has 1 aromatic heterocycles. The maximum Gasteiger partial charge on any atom is 0.330 e. The third kappa shape index (κ3) is 1.45. The number of ether oxygens (including phenoxy) is 3. The van der Waals surface area contributed by atoms with Gasteiger partial charge in [0.2, 0.25) is 0 Å². The van der Waals surface area contributed by atoms with E-state index in [0.29, 0.717) is 12.0 Å². The van der Waals surface area contributed by atoms with E-state index in [9.17, 15) is 9.59 Å². The van der Waals surface area contributed by atoms with Crippen LogP contribution >= 0.6 is 0 Å². The number of nitrogens with one attached hydrogen (secondary N) is 1. The van der Waals surface area contributed by atoms with Gasteiger partial charge in [0.25, 0.3) is 5.56 Å². The van der Waals surface area contributed by atoms with E-state index in [4.69, 9.17) is 14.2 Å². The molecular formula is C13H16N2O5. The molecule has 108 valence electrons. The van der Waals surface area contributed by atoms with Gasteiger partial charge < -0.3 is 14.2 Å². The van der Waals surface area contributed by atoms with Crippen molar-refractivity contribution >= 4 is 0 Å². The van der Waals surface area contributed by atoms with Gasteiger partial charge in [0.05, 0.1) is 6.10 Å². The van der Waals surface area contributed by atoms with Crippen LogP contribution in [0.4, 0.5) is 0 Å². The Morgan fingerprint density at radius 3 is 2.70 bits per heavy atom. The molecule has 0 aliphatic carbocycles. The van der Waals surface area contributed by atoms with Gasteiger partial charge in [-0.1, -0.05) is 0 Å². The first kappa shape index (κ1) is 12.3. The maximum atomic E-state index is 12.1. The highest BCUT2D eigenvalue weighted by Crippen LogP contribution is 2.46. The summed E-state index contributed by atoms with van der Waals surface area (Å²) < 4.78 is 19.1. The van der Waals surface area contributed by atoms with E-state index in [1.165, 1.54) is 4.57 Å². The Morgan fingerprint density at radius 1 is 1.25 bits per heavy atom. The molecule has 20 heavy (non-hydrogen) atoms. The fraction of sp³-hybridized carbons (Fsp3) is 0.692. The van der Waals surface area contributed by atoms with E-state index in [1.807, 2.05) is 13.8 Å². The highest BCUT2D eigenvalue weighted by molar-refractivity contribution is 5.22. The number of hydrogen-bond donors (Lipinski definition) is 1. The molecule has 0 radical (unpaired) electrons. The van der Waals surface area contributed by atoms with E-state index in [1.54, 1.807) is 6.92 Å². The van der Waals surface area contributed by atoms with Gasteiger partial charge in [0.15, 0.2) is 12.0 Å². The molecule has 4 heterocycles. The Balaban J connectivity index is 1.89. The number of aromatic nitrogens is 2. The summed E-state index contributed by atoms with van der Waals surface area (Å²) in [5.41, 5.74) is 0.490. The highest BCUT2D eigenvalue weighted by Gasteiger charge is 2.58. The van der Waals surface area contributed by atoms with Crippen LogP contribution in [0.3, 0.4) is 0 Å². The first-order valence-electron chi connectivity index (χ1n) is 6.73. The molecule has 7 nitrogen and oxygen atoms in total. The summed E-state index contributed by atoms with van der Waals surface area (Å²) in [7, 11) is 0. The van der Waals surface area contributed by atoms with E-state index in [0.717, 1.165) is 5.69 Å². The van der Waals surface area contributed by atoms with Crippen LogP contribution < -0.4 is 11.2 Å². The summed E-state index contributed by atoms with van der Waals surface area (Å²) in [5, 5.41) is 0. The topological polar surface area (TPSA) is 82.6 Å². The molecule has 0 aromatic carbocycles. The van der Waals surface area contributed by atoms with Crippen LogP contribution in [0.1, 0.15) is 31.3 Å². The van der Waals surface area contributed by atoms with E-state index in [2.05, 4.69) is 4.98 Å². The number of H-pyrrole nitrogens is 1. The van der Waals surface area contributed by atoms with Crippen LogP contribution in [-0.4, -0.2) is 33.7 Å². The molecule has 3 aliphatic rings. The lowest BCUT2D eigenvalue weighted by Crippen LogP contribution is -2.43. The Morgan fingerprint density at radius 2 is 1.95 bits per heavy atom. The van der Waals surface area contributed by atoms with Gasteiger partial charge in [-0.3, -0.25) is 14.3 Å². The minimum absolute atomic E-state index is 0.174. The number of hydrogen-bond acceptors (Lipinski definition) is 5. The molecule has 7 heteroatoms. The van der Waals surface area contributed by atoms with Gasteiger partial charge in [-0.05, 0) is 20.8 Å². The van der Waals surface area contributed by atoms with Crippen LogP contribution in [0.15, 0.2) is 9.59 Å². The monoisotopic (exact) mass is 280 g/mol. The second-order valence-electron chi connectivity index (χ2n) is 6.03. The van der Waals surface area contributed by atoms with Gasteiger partial charge in [-0.25, -0.2) is 4.79 Å². The summed E-state index contributed by atoms with van der Waals surface area (Å²) in [5.74, 6) is -0.673. The highest BCUT2D eigenvalue weighted by atomic mass is 16.8. The van der Waals surface area contributed by atoms with Crippen molar-refractivity contribution in [1.29, 1.82) is 0 Å². The van der Waals surface area contributed by atoms with E-state index < -0.39 is 17.7 Å². The predicted molar refractivity (Wildman–Crippen MR) is 67.5 cm³/mol. The van der Waals surface area contributed by atoms with Crippen molar-refractivity contribution in [2.45, 2.75) is 57.5 Å². The molecule has 3 aliphatic heterocycles. The average molecular weight is 280 g/mol. The van der Waals surface area contributed by atoms with E-state index >= 15 is 0 Å². The van der Waals surface area contributed by atoms with Crippen molar-refractivity contribution in [2.24, 2.45) is 0 Å². The molecule has 0 spiro atoms. The quantitative estimate of drug-likeness (QED) is 0.713. The molecule has 0 saturated carbocycles. The summed E-state index contributed by atoms with van der Waals surface area (Å²) in [6, 6.07) is 0. The second kappa shape index (κ2) is 3.60. The lowest BCUT2D eigenvalue weighted by Gasteiger charge is -2.30. The lowest BCUT2D eigenvalue weighted by atomic mass is 10.1. The van der Waals surface area contributed by atoms with Crippen molar-refractivity contribution in [3.05, 3.63) is 32.1 Å². The molecule has 4 atom stereocenters. The SMILES string of the molecule is Cc1c2n(c(=O)[nH]c1=O)[C@@H]1O[C@H](C2)[C@H]2OC(C)(C)O[C@H]21. The Hall–Kier alpha value is -1.44. The number of fused-ring (bicyclic) bond motifs is 7. The molecule has 1 aromatic rings. The number of nitrogens with zero attached hydrogens (tertiary/aromatic N) is 1. The number of rotatable bonds is 0. The van der Waals surface area contributed by atoms with Gasteiger partial charge in [0.1, 0.15) is 12.2 Å². The summed E-state index contributed by atoms with van der Waals surface area (Å²) in [6.07, 6.45) is -0.740. The normalized spacial score (nSPS) is 36.8.